The number of amides is 1. The van der Waals surface area contributed by atoms with Gasteiger partial charge in [-0.2, -0.15) is 5.26 Å². The van der Waals surface area contributed by atoms with Crippen molar-refractivity contribution in [3.8, 4) is 17.6 Å². The Labute approximate surface area is 202 Å². The summed E-state index contributed by atoms with van der Waals surface area (Å²) in [4.78, 5) is 18.9. The van der Waals surface area contributed by atoms with Crippen LogP contribution in [0.5, 0.6) is 11.5 Å². The number of nitrogens with one attached hydrogen (secondary N) is 1. The number of anilines is 2. The molecular formula is C23H22N4O5S2. The lowest BCUT2D eigenvalue weighted by Crippen LogP contribution is -2.37. The van der Waals surface area contributed by atoms with Crippen molar-refractivity contribution in [2.24, 2.45) is 4.99 Å². The van der Waals surface area contributed by atoms with E-state index in [4.69, 9.17) is 9.47 Å². The minimum atomic E-state index is -3.17. The van der Waals surface area contributed by atoms with Crippen molar-refractivity contribution in [1.29, 1.82) is 5.26 Å². The van der Waals surface area contributed by atoms with E-state index in [0.717, 1.165) is 5.69 Å². The summed E-state index contributed by atoms with van der Waals surface area (Å²) >= 11 is 1.33. The predicted molar refractivity (Wildman–Crippen MR) is 132 cm³/mol. The van der Waals surface area contributed by atoms with Crippen LogP contribution in [0.3, 0.4) is 0 Å². The molecule has 2 atom stereocenters. The fourth-order valence-electron chi connectivity index (χ4n) is 3.80. The average Bonchev–Trinajstić information content (AvgIpc) is 3.30. The van der Waals surface area contributed by atoms with Gasteiger partial charge in [-0.1, -0.05) is 23.9 Å². The Morgan fingerprint density at radius 1 is 1.18 bits per heavy atom. The zero-order chi connectivity index (χ0) is 24.3. The molecule has 0 unspecified atom stereocenters. The highest BCUT2D eigenvalue weighted by atomic mass is 32.2. The van der Waals surface area contributed by atoms with Crippen LogP contribution >= 0.6 is 11.8 Å². The van der Waals surface area contributed by atoms with E-state index in [1.165, 1.54) is 25.1 Å². The van der Waals surface area contributed by atoms with Gasteiger partial charge in [-0.15, -0.1) is 0 Å². The Balaban J connectivity index is 1.63. The molecule has 0 radical (unpaired) electrons. The van der Waals surface area contributed by atoms with Crippen molar-refractivity contribution in [1.82, 2.24) is 0 Å². The van der Waals surface area contributed by atoms with E-state index in [0.29, 0.717) is 22.4 Å². The third kappa shape index (κ3) is 5.03. The van der Waals surface area contributed by atoms with Crippen LogP contribution in [-0.4, -0.2) is 56.5 Å². The number of benzene rings is 2. The number of fused-ring (bicyclic) bond motifs is 1. The molecular weight excluding hydrogens is 476 g/mol. The lowest BCUT2D eigenvalue weighted by atomic mass is 10.2. The first-order valence-electron chi connectivity index (χ1n) is 10.3. The van der Waals surface area contributed by atoms with Crippen LogP contribution < -0.4 is 19.7 Å². The van der Waals surface area contributed by atoms with E-state index < -0.39 is 15.7 Å². The number of hydrogen-bond donors (Lipinski definition) is 1. The molecule has 2 fully saturated rings. The molecule has 1 N–H and O–H groups in total. The first-order chi connectivity index (χ1) is 16.3. The molecule has 34 heavy (non-hydrogen) atoms. The lowest BCUT2D eigenvalue weighted by Gasteiger charge is -2.24. The second-order valence-electron chi connectivity index (χ2n) is 7.62. The maximum atomic E-state index is 12.6. The van der Waals surface area contributed by atoms with Crippen LogP contribution in [0.25, 0.3) is 0 Å². The molecule has 2 heterocycles. The van der Waals surface area contributed by atoms with Crippen LogP contribution in [0, 0.1) is 11.3 Å². The van der Waals surface area contributed by atoms with Gasteiger partial charge in [-0.25, -0.2) is 13.4 Å². The fraction of sp³-hybridized carbons (Fsp3) is 0.261. The molecule has 2 aliphatic heterocycles. The molecule has 0 saturated carbocycles. The number of ether oxygens (including phenoxy) is 2. The number of methoxy groups -OCH3 is 2. The van der Waals surface area contributed by atoms with Crippen molar-refractivity contribution in [2.75, 3.05) is 35.9 Å². The number of nitrogens with zero attached hydrogens (tertiary/aromatic N) is 3. The first kappa shape index (κ1) is 23.7. The minimum absolute atomic E-state index is 0.00600. The molecule has 0 spiro atoms. The van der Waals surface area contributed by atoms with E-state index in [2.05, 4.69) is 10.3 Å². The molecule has 176 valence electrons. The second kappa shape index (κ2) is 9.79. The van der Waals surface area contributed by atoms with Gasteiger partial charge in [0.25, 0.3) is 5.91 Å². The number of amidine groups is 1. The van der Waals surface area contributed by atoms with Crippen molar-refractivity contribution in [3.05, 3.63) is 60.3 Å². The third-order valence-electron chi connectivity index (χ3n) is 5.39. The summed E-state index contributed by atoms with van der Waals surface area (Å²) in [6.45, 7) is 0. The van der Waals surface area contributed by atoms with Crippen molar-refractivity contribution in [2.45, 2.75) is 11.3 Å². The number of carbonyl (C=O) groups excluding carboxylic acids is 1. The first-order valence-corrected chi connectivity index (χ1v) is 13.0. The monoisotopic (exact) mass is 498 g/mol. The van der Waals surface area contributed by atoms with Gasteiger partial charge >= 0.3 is 0 Å². The fourth-order valence-corrected chi connectivity index (χ4v) is 7.69. The Morgan fingerprint density at radius 3 is 2.59 bits per heavy atom. The molecule has 2 aromatic rings. The molecule has 9 nitrogen and oxygen atoms in total. The van der Waals surface area contributed by atoms with Crippen LogP contribution in [0.2, 0.25) is 0 Å². The topological polar surface area (TPSA) is 121 Å². The van der Waals surface area contributed by atoms with Crippen molar-refractivity contribution in [3.63, 3.8) is 0 Å². The SMILES string of the molecule is COc1cccc(NC(=O)/C(C#N)=C/N=C2S[C@@H]3CS(=O)(=O)C[C@@H]3N2c2cccc(OC)c2)c1. The molecule has 2 saturated heterocycles. The molecule has 2 aliphatic rings. The molecule has 4 rings (SSSR count). The average molecular weight is 499 g/mol. The number of aliphatic imine (C=N–C) groups is 1. The molecule has 0 bridgehead atoms. The molecule has 2 aromatic carbocycles. The van der Waals surface area contributed by atoms with E-state index >= 15 is 0 Å². The summed E-state index contributed by atoms with van der Waals surface area (Å²) in [7, 11) is -0.0926. The number of hydrogen-bond acceptors (Lipinski definition) is 8. The number of carbonyl (C=O) groups is 1. The number of rotatable bonds is 6. The Kier molecular flexibility index (Phi) is 6.81. The van der Waals surface area contributed by atoms with E-state index in [1.54, 1.807) is 43.5 Å². The highest BCUT2D eigenvalue weighted by Crippen LogP contribution is 2.41. The summed E-state index contributed by atoms with van der Waals surface area (Å²) in [5.74, 6) is 0.633. The molecule has 11 heteroatoms. The maximum absolute atomic E-state index is 12.6. The Morgan fingerprint density at radius 2 is 1.88 bits per heavy atom. The summed E-state index contributed by atoms with van der Waals surface area (Å²) in [6, 6.07) is 15.6. The summed E-state index contributed by atoms with van der Waals surface area (Å²) in [5.41, 5.74) is 1.01. The van der Waals surface area contributed by atoms with Crippen LogP contribution in [-0.2, 0) is 14.6 Å². The van der Waals surface area contributed by atoms with Gasteiger partial charge in [0.1, 0.15) is 23.1 Å². The van der Waals surface area contributed by atoms with Gasteiger partial charge in [0.05, 0.1) is 38.0 Å². The van der Waals surface area contributed by atoms with Crippen molar-refractivity contribution < 1.29 is 22.7 Å². The zero-order valence-electron chi connectivity index (χ0n) is 18.5. The molecule has 0 aliphatic carbocycles. The summed E-state index contributed by atoms with van der Waals surface area (Å²) in [6.07, 6.45) is 1.21. The van der Waals surface area contributed by atoms with Gasteiger partial charge in [0.2, 0.25) is 0 Å². The standard InChI is InChI=1S/C23H22N4O5S2/c1-31-18-7-3-5-16(9-18)26-22(28)15(11-24)12-25-23-27(17-6-4-8-19(10-17)32-2)20-13-34(29,30)14-21(20)33-23/h3-10,12,20-21H,13-14H2,1-2H3,(H,26,28)/b15-12+,25-23?/t20-,21+/m0/s1. The quantitative estimate of drug-likeness (QED) is 0.477. The highest BCUT2D eigenvalue weighted by Gasteiger charge is 2.49. The second-order valence-corrected chi connectivity index (χ2v) is 11.0. The third-order valence-corrected chi connectivity index (χ3v) is 8.62. The summed E-state index contributed by atoms with van der Waals surface area (Å²) in [5, 5.41) is 12.5. The van der Waals surface area contributed by atoms with Gasteiger partial charge < -0.3 is 19.7 Å². The van der Waals surface area contributed by atoms with E-state index in [9.17, 15) is 18.5 Å². The van der Waals surface area contributed by atoms with E-state index in [1.807, 2.05) is 23.1 Å². The van der Waals surface area contributed by atoms with Crippen LogP contribution in [0.1, 0.15) is 0 Å². The van der Waals surface area contributed by atoms with Gasteiger partial charge in [-0.3, -0.25) is 4.79 Å². The van der Waals surface area contributed by atoms with Crippen molar-refractivity contribution >= 4 is 44.0 Å². The van der Waals surface area contributed by atoms with E-state index in [-0.39, 0.29) is 28.4 Å². The number of nitriles is 1. The maximum Gasteiger partial charge on any atom is 0.267 e. The van der Waals surface area contributed by atoms with Gasteiger partial charge in [0.15, 0.2) is 15.0 Å². The van der Waals surface area contributed by atoms with Crippen LogP contribution in [0.4, 0.5) is 11.4 Å². The molecule has 0 aromatic heterocycles. The minimum Gasteiger partial charge on any atom is -0.497 e. The van der Waals surface area contributed by atoms with Gasteiger partial charge in [-0.05, 0) is 24.3 Å². The number of sulfone groups is 1. The predicted octanol–water partition coefficient (Wildman–Crippen LogP) is 2.82. The largest absolute Gasteiger partial charge is 0.497 e. The van der Waals surface area contributed by atoms with Crippen LogP contribution in [0.15, 0.2) is 65.3 Å². The normalized spacial score (nSPS) is 22.2. The summed E-state index contributed by atoms with van der Waals surface area (Å²) < 4.78 is 35.0. The van der Waals surface area contributed by atoms with Gasteiger partial charge in [0, 0.05) is 28.8 Å². The smallest absolute Gasteiger partial charge is 0.267 e. The molecule has 1 amide bonds. The zero-order valence-corrected chi connectivity index (χ0v) is 20.1. The highest BCUT2D eigenvalue weighted by molar-refractivity contribution is 8.16. The Hall–Kier alpha value is -3.49. The Bertz CT molecular complexity index is 1320. The lowest BCUT2D eigenvalue weighted by molar-refractivity contribution is -0.112. The number of thioether (sulfide) groups is 1.